The molecule has 0 fully saturated rings. The molecule has 0 saturated carbocycles. The van der Waals surface area contributed by atoms with E-state index in [1.807, 2.05) is 18.2 Å². The fourth-order valence-corrected chi connectivity index (χ4v) is 2.76. The van der Waals surface area contributed by atoms with Crippen molar-refractivity contribution in [1.29, 1.82) is 0 Å². The highest BCUT2D eigenvalue weighted by Gasteiger charge is 2.24. The van der Waals surface area contributed by atoms with Crippen molar-refractivity contribution >= 4 is 34.8 Å². The van der Waals surface area contributed by atoms with Crippen LogP contribution in [0.5, 0.6) is 0 Å². The minimum atomic E-state index is 0. The number of hydrogen-bond donors (Lipinski definition) is 1. The van der Waals surface area contributed by atoms with Gasteiger partial charge in [0.1, 0.15) is 5.82 Å². The first kappa shape index (κ1) is 14.9. The number of nitrogens with two attached hydrogens (primary N) is 1. The molecule has 0 radical (unpaired) electrons. The highest BCUT2D eigenvalue weighted by Crippen LogP contribution is 2.35. The van der Waals surface area contributed by atoms with E-state index < -0.39 is 0 Å². The lowest BCUT2D eigenvalue weighted by atomic mass is 10.1. The third-order valence-corrected chi connectivity index (χ3v) is 3.92. The first-order chi connectivity index (χ1) is 9.16. The number of nitrogens with zero attached hydrogens (tertiary/aromatic N) is 2. The summed E-state index contributed by atoms with van der Waals surface area (Å²) in [6, 6.07) is 8.16. The van der Waals surface area contributed by atoms with E-state index >= 15 is 0 Å². The van der Waals surface area contributed by atoms with E-state index in [0.29, 0.717) is 0 Å². The molecular formula is C16H22ClN3. The number of para-hydroxylation sites is 1. The number of anilines is 2. The number of halogens is 1. The molecule has 2 aromatic rings. The van der Waals surface area contributed by atoms with Crippen LogP contribution >= 0.6 is 12.4 Å². The van der Waals surface area contributed by atoms with Gasteiger partial charge in [0, 0.05) is 29.7 Å². The standard InChI is InChI=1S/C16H21N3.ClH/c1-11(2)7-9-19-10-8-13-15(17)12-5-3-4-6-14(12)18-16(13)19;/h3-6,11H,7-10H2,1-2H3,(H2,17,18);1H. The molecule has 1 aliphatic rings. The molecule has 1 aromatic heterocycles. The van der Waals surface area contributed by atoms with Crippen molar-refractivity contribution in [2.45, 2.75) is 26.7 Å². The van der Waals surface area contributed by atoms with Crippen molar-refractivity contribution < 1.29 is 0 Å². The normalized spacial score (nSPS) is 13.7. The summed E-state index contributed by atoms with van der Waals surface area (Å²) in [6.07, 6.45) is 2.23. The van der Waals surface area contributed by atoms with Crippen molar-refractivity contribution in [3.8, 4) is 0 Å². The van der Waals surface area contributed by atoms with Gasteiger partial charge in [-0.25, -0.2) is 4.98 Å². The fraction of sp³-hybridized carbons (Fsp3) is 0.438. The molecule has 0 spiro atoms. The second-order valence-electron chi connectivity index (χ2n) is 5.76. The van der Waals surface area contributed by atoms with E-state index in [0.717, 1.165) is 47.8 Å². The van der Waals surface area contributed by atoms with E-state index in [-0.39, 0.29) is 12.4 Å². The zero-order valence-corrected chi connectivity index (χ0v) is 12.9. The number of hydrogen-bond acceptors (Lipinski definition) is 3. The van der Waals surface area contributed by atoms with Gasteiger partial charge in [-0.3, -0.25) is 0 Å². The molecule has 0 unspecified atom stereocenters. The van der Waals surface area contributed by atoms with Gasteiger partial charge < -0.3 is 10.6 Å². The maximum absolute atomic E-state index is 6.32. The van der Waals surface area contributed by atoms with Crippen LogP contribution < -0.4 is 10.6 Å². The second-order valence-corrected chi connectivity index (χ2v) is 5.76. The van der Waals surface area contributed by atoms with Crippen LogP contribution in [0.3, 0.4) is 0 Å². The van der Waals surface area contributed by atoms with Gasteiger partial charge in [-0.05, 0) is 24.8 Å². The summed E-state index contributed by atoms with van der Waals surface area (Å²) in [5.41, 5.74) is 9.49. The molecule has 3 rings (SSSR count). The van der Waals surface area contributed by atoms with Gasteiger partial charge in [-0.15, -0.1) is 12.4 Å². The Morgan fingerprint density at radius 1 is 1.30 bits per heavy atom. The van der Waals surface area contributed by atoms with Gasteiger partial charge in [0.2, 0.25) is 0 Å². The van der Waals surface area contributed by atoms with Crippen LogP contribution in [0.1, 0.15) is 25.8 Å². The summed E-state index contributed by atoms with van der Waals surface area (Å²) in [5, 5.41) is 1.09. The smallest absolute Gasteiger partial charge is 0.134 e. The molecule has 2 N–H and O–H groups in total. The van der Waals surface area contributed by atoms with E-state index in [2.05, 4.69) is 24.8 Å². The Hall–Kier alpha value is -1.48. The molecule has 1 aliphatic heterocycles. The van der Waals surface area contributed by atoms with Gasteiger partial charge in [-0.1, -0.05) is 32.0 Å². The average Bonchev–Trinajstić information content (AvgIpc) is 2.80. The Morgan fingerprint density at radius 2 is 2.05 bits per heavy atom. The third-order valence-electron chi connectivity index (χ3n) is 3.92. The quantitative estimate of drug-likeness (QED) is 0.938. The van der Waals surface area contributed by atoms with Crippen molar-refractivity contribution in [3.05, 3.63) is 29.8 Å². The molecule has 0 bridgehead atoms. The predicted molar refractivity (Wildman–Crippen MR) is 88.8 cm³/mol. The number of nitrogen functional groups attached to an aromatic ring is 1. The molecule has 1 aromatic carbocycles. The number of rotatable bonds is 3. The Morgan fingerprint density at radius 3 is 2.80 bits per heavy atom. The Bertz CT molecular complexity index is 610. The van der Waals surface area contributed by atoms with Gasteiger partial charge in [0.15, 0.2) is 0 Å². The minimum absolute atomic E-state index is 0. The molecule has 0 atom stereocenters. The molecule has 0 amide bonds. The van der Waals surface area contributed by atoms with Crippen molar-refractivity contribution in [2.24, 2.45) is 5.92 Å². The van der Waals surface area contributed by atoms with Gasteiger partial charge in [0.25, 0.3) is 0 Å². The lowest BCUT2D eigenvalue weighted by Gasteiger charge is -2.20. The molecule has 0 saturated heterocycles. The number of benzene rings is 1. The molecule has 20 heavy (non-hydrogen) atoms. The maximum Gasteiger partial charge on any atom is 0.134 e. The summed E-state index contributed by atoms with van der Waals surface area (Å²) in [4.78, 5) is 7.21. The SMILES string of the molecule is CC(C)CCN1CCc2c1nc1ccccc1c2N.Cl. The first-order valence-electron chi connectivity index (χ1n) is 7.09. The molecule has 2 heterocycles. The van der Waals surface area contributed by atoms with E-state index in [9.17, 15) is 0 Å². The van der Waals surface area contributed by atoms with Crippen molar-refractivity contribution in [3.63, 3.8) is 0 Å². The minimum Gasteiger partial charge on any atom is -0.398 e. The maximum atomic E-state index is 6.32. The summed E-state index contributed by atoms with van der Waals surface area (Å²) < 4.78 is 0. The fourth-order valence-electron chi connectivity index (χ4n) is 2.76. The molecular weight excluding hydrogens is 270 g/mol. The van der Waals surface area contributed by atoms with Gasteiger partial charge in [0.05, 0.1) is 5.52 Å². The van der Waals surface area contributed by atoms with Crippen LogP contribution in [-0.2, 0) is 6.42 Å². The average molecular weight is 292 g/mol. The van der Waals surface area contributed by atoms with Gasteiger partial charge >= 0.3 is 0 Å². The summed E-state index contributed by atoms with van der Waals surface area (Å²) in [7, 11) is 0. The van der Waals surface area contributed by atoms with Crippen LogP contribution in [0.25, 0.3) is 10.9 Å². The first-order valence-corrected chi connectivity index (χ1v) is 7.09. The van der Waals surface area contributed by atoms with E-state index in [1.54, 1.807) is 0 Å². The zero-order valence-electron chi connectivity index (χ0n) is 12.1. The topological polar surface area (TPSA) is 42.2 Å². The molecule has 108 valence electrons. The zero-order chi connectivity index (χ0) is 13.4. The molecule has 0 aliphatic carbocycles. The predicted octanol–water partition coefficient (Wildman–Crippen LogP) is 3.65. The Kier molecular flexibility index (Phi) is 4.39. The monoisotopic (exact) mass is 291 g/mol. The van der Waals surface area contributed by atoms with Crippen molar-refractivity contribution in [1.82, 2.24) is 4.98 Å². The summed E-state index contributed by atoms with van der Waals surface area (Å²) in [6.45, 7) is 6.66. The van der Waals surface area contributed by atoms with Crippen LogP contribution in [0.2, 0.25) is 0 Å². The molecule has 4 heteroatoms. The van der Waals surface area contributed by atoms with Crippen LogP contribution in [0, 0.1) is 5.92 Å². The highest BCUT2D eigenvalue weighted by molar-refractivity contribution is 5.95. The number of aromatic nitrogens is 1. The van der Waals surface area contributed by atoms with Crippen LogP contribution in [0.4, 0.5) is 11.5 Å². The Balaban J connectivity index is 0.00000147. The van der Waals surface area contributed by atoms with Crippen molar-refractivity contribution in [2.75, 3.05) is 23.7 Å². The number of pyridine rings is 1. The Labute approximate surface area is 126 Å². The summed E-state index contributed by atoms with van der Waals surface area (Å²) in [5.74, 6) is 1.83. The van der Waals surface area contributed by atoms with E-state index in [4.69, 9.17) is 10.7 Å². The largest absolute Gasteiger partial charge is 0.398 e. The summed E-state index contributed by atoms with van der Waals surface area (Å²) >= 11 is 0. The van der Waals surface area contributed by atoms with Gasteiger partial charge in [-0.2, -0.15) is 0 Å². The lowest BCUT2D eigenvalue weighted by molar-refractivity contribution is 0.577. The van der Waals surface area contributed by atoms with Crippen LogP contribution in [0.15, 0.2) is 24.3 Å². The highest BCUT2D eigenvalue weighted by atomic mass is 35.5. The van der Waals surface area contributed by atoms with E-state index in [1.165, 1.54) is 12.0 Å². The lowest BCUT2D eigenvalue weighted by Crippen LogP contribution is -2.23. The third kappa shape index (κ3) is 2.55. The van der Waals surface area contributed by atoms with Crippen LogP contribution in [-0.4, -0.2) is 18.1 Å². The molecule has 3 nitrogen and oxygen atoms in total. The second kappa shape index (κ2) is 5.88. The number of fused-ring (bicyclic) bond motifs is 2.